The second-order valence-corrected chi connectivity index (χ2v) is 4.83. The molecule has 0 saturated carbocycles. The Balaban J connectivity index is 2.65. The van der Waals surface area contributed by atoms with E-state index in [4.69, 9.17) is 9.84 Å². The summed E-state index contributed by atoms with van der Waals surface area (Å²) in [4.78, 5) is 23.1. The van der Waals surface area contributed by atoms with Crippen LogP contribution in [-0.4, -0.2) is 36.2 Å². The molecule has 1 rings (SSSR count). The fourth-order valence-electron chi connectivity index (χ4n) is 1.98. The number of hydrogen-bond acceptors (Lipinski definition) is 3. The first-order valence-corrected chi connectivity index (χ1v) is 6.71. The van der Waals surface area contributed by atoms with Gasteiger partial charge in [-0.25, -0.2) is 4.79 Å². The minimum atomic E-state index is -1.12. The minimum absolute atomic E-state index is 0.0835. The molecule has 0 bridgehead atoms. The van der Waals surface area contributed by atoms with Crippen LogP contribution < -0.4 is 5.32 Å². The second kappa shape index (κ2) is 8.21. The fourth-order valence-corrected chi connectivity index (χ4v) is 1.98. The Labute approximate surface area is 124 Å². The van der Waals surface area contributed by atoms with E-state index in [1.54, 1.807) is 0 Å². The van der Waals surface area contributed by atoms with Gasteiger partial charge in [0.05, 0.1) is 19.6 Å². The van der Waals surface area contributed by atoms with Crippen molar-refractivity contribution in [1.29, 1.82) is 0 Å². The Morgan fingerprint density at radius 2 is 2.00 bits per heavy atom. The lowest BCUT2D eigenvalue weighted by Crippen LogP contribution is -2.44. The lowest BCUT2D eigenvalue weighted by Gasteiger charge is -2.15. The van der Waals surface area contributed by atoms with Gasteiger partial charge in [0.2, 0.25) is 5.91 Å². The monoisotopic (exact) mass is 291 g/mol. The normalized spacial score (nSPS) is 11.7. The first kappa shape index (κ1) is 16.9. The summed E-state index contributed by atoms with van der Waals surface area (Å²) in [5, 5.41) is 11.6. The zero-order chi connectivity index (χ0) is 15.8. The Kier molecular flexibility index (Phi) is 6.62. The fraction of sp³-hybridized carbons (Fsp3) is 0.375. The Morgan fingerprint density at radius 1 is 1.38 bits per heavy atom. The van der Waals surface area contributed by atoms with Crippen LogP contribution in [0, 0.1) is 13.8 Å². The summed E-state index contributed by atoms with van der Waals surface area (Å²) < 4.78 is 5.09. The standard InChI is InChI=1S/C16H21NO4/c1-4-8-21-10-14(16(19)20)17-15(18)9-13-11(2)6-5-7-12(13)3/h4-7,14H,1,8-10H2,2-3H3,(H,17,18)(H,19,20). The number of amides is 1. The van der Waals surface area contributed by atoms with Gasteiger partial charge >= 0.3 is 5.97 Å². The van der Waals surface area contributed by atoms with Gasteiger partial charge in [0.25, 0.3) is 0 Å². The molecule has 0 aliphatic heterocycles. The van der Waals surface area contributed by atoms with E-state index in [1.807, 2.05) is 32.0 Å². The molecule has 1 aromatic rings. The third kappa shape index (κ3) is 5.39. The number of aryl methyl sites for hydroxylation is 2. The van der Waals surface area contributed by atoms with E-state index in [0.29, 0.717) is 0 Å². The number of benzene rings is 1. The van der Waals surface area contributed by atoms with Crippen LogP contribution in [0.3, 0.4) is 0 Å². The summed E-state index contributed by atoms with van der Waals surface area (Å²) in [6.45, 7) is 7.50. The SMILES string of the molecule is C=CCOCC(NC(=O)Cc1c(C)cccc1C)C(=O)O. The highest BCUT2D eigenvalue weighted by atomic mass is 16.5. The van der Waals surface area contributed by atoms with Crippen LogP contribution in [0.2, 0.25) is 0 Å². The average Bonchev–Trinajstić information content (AvgIpc) is 2.42. The highest BCUT2D eigenvalue weighted by Crippen LogP contribution is 2.13. The van der Waals surface area contributed by atoms with Crippen LogP contribution in [0.5, 0.6) is 0 Å². The van der Waals surface area contributed by atoms with Crippen molar-refractivity contribution in [3.05, 3.63) is 47.5 Å². The first-order valence-electron chi connectivity index (χ1n) is 6.71. The summed E-state index contributed by atoms with van der Waals surface area (Å²) in [5.74, 6) is -1.45. The molecule has 1 aromatic carbocycles. The van der Waals surface area contributed by atoms with Gasteiger partial charge in [-0.15, -0.1) is 6.58 Å². The quantitative estimate of drug-likeness (QED) is 0.564. The van der Waals surface area contributed by atoms with Crippen LogP contribution in [0.15, 0.2) is 30.9 Å². The number of rotatable bonds is 8. The number of carboxylic acids is 1. The van der Waals surface area contributed by atoms with Crippen LogP contribution >= 0.6 is 0 Å². The summed E-state index contributed by atoms with van der Waals surface area (Å²) >= 11 is 0. The van der Waals surface area contributed by atoms with Crippen molar-refractivity contribution in [2.45, 2.75) is 26.3 Å². The van der Waals surface area contributed by atoms with Gasteiger partial charge < -0.3 is 15.2 Å². The van der Waals surface area contributed by atoms with Gasteiger partial charge in [-0.3, -0.25) is 4.79 Å². The van der Waals surface area contributed by atoms with Gasteiger partial charge in [-0.05, 0) is 30.5 Å². The molecule has 5 heteroatoms. The first-order chi connectivity index (χ1) is 9.95. The van der Waals surface area contributed by atoms with E-state index in [0.717, 1.165) is 16.7 Å². The topological polar surface area (TPSA) is 75.6 Å². The molecule has 5 nitrogen and oxygen atoms in total. The highest BCUT2D eigenvalue weighted by Gasteiger charge is 2.20. The average molecular weight is 291 g/mol. The van der Waals surface area contributed by atoms with Crippen LogP contribution in [0.25, 0.3) is 0 Å². The largest absolute Gasteiger partial charge is 0.480 e. The summed E-state index contributed by atoms with van der Waals surface area (Å²) in [6, 6.07) is 4.73. The van der Waals surface area contributed by atoms with E-state index in [1.165, 1.54) is 6.08 Å². The zero-order valence-corrected chi connectivity index (χ0v) is 12.4. The molecule has 114 valence electrons. The van der Waals surface area contributed by atoms with Crippen molar-refractivity contribution in [2.24, 2.45) is 0 Å². The molecular formula is C16H21NO4. The summed E-state index contributed by atoms with van der Waals surface area (Å²) in [6.07, 6.45) is 1.68. The Hall–Kier alpha value is -2.14. The molecule has 21 heavy (non-hydrogen) atoms. The van der Waals surface area contributed by atoms with Crippen molar-refractivity contribution in [2.75, 3.05) is 13.2 Å². The third-order valence-corrected chi connectivity index (χ3v) is 3.14. The van der Waals surface area contributed by atoms with E-state index in [-0.39, 0.29) is 25.5 Å². The lowest BCUT2D eigenvalue weighted by atomic mass is 10.00. The molecule has 2 N–H and O–H groups in total. The predicted molar refractivity (Wildman–Crippen MR) is 80.2 cm³/mol. The van der Waals surface area contributed by atoms with E-state index in [9.17, 15) is 9.59 Å². The van der Waals surface area contributed by atoms with Crippen LogP contribution in [0.1, 0.15) is 16.7 Å². The molecule has 0 fully saturated rings. The van der Waals surface area contributed by atoms with Gasteiger partial charge in [-0.1, -0.05) is 24.3 Å². The van der Waals surface area contributed by atoms with Crippen LogP contribution in [-0.2, 0) is 20.7 Å². The Morgan fingerprint density at radius 3 is 2.52 bits per heavy atom. The van der Waals surface area contributed by atoms with Crippen molar-refractivity contribution in [1.82, 2.24) is 5.32 Å². The number of nitrogens with one attached hydrogen (secondary N) is 1. The van der Waals surface area contributed by atoms with Crippen LogP contribution in [0.4, 0.5) is 0 Å². The number of carboxylic acid groups (broad SMARTS) is 1. The number of hydrogen-bond donors (Lipinski definition) is 2. The maximum absolute atomic E-state index is 12.0. The summed E-state index contributed by atoms with van der Waals surface area (Å²) in [7, 11) is 0. The summed E-state index contributed by atoms with van der Waals surface area (Å²) in [5.41, 5.74) is 2.95. The molecule has 1 amide bonds. The zero-order valence-electron chi connectivity index (χ0n) is 12.4. The van der Waals surface area contributed by atoms with Gasteiger partial charge in [0, 0.05) is 0 Å². The lowest BCUT2D eigenvalue weighted by molar-refractivity contribution is -0.143. The van der Waals surface area contributed by atoms with E-state index < -0.39 is 12.0 Å². The van der Waals surface area contributed by atoms with Gasteiger partial charge in [-0.2, -0.15) is 0 Å². The molecule has 1 atom stereocenters. The maximum Gasteiger partial charge on any atom is 0.328 e. The molecule has 0 aliphatic carbocycles. The Bertz CT molecular complexity index is 505. The molecule has 0 heterocycles. The molecule has 0 spiro atoms. The maximum atomic E-state index is 12.0. The molecular weight excluding hydrogens is 270 g/mol. The minimum Gasteiger partial charge on any atom is -0.480 e. The molecule has 0 radical (unpaired) electrons. The number of ether oxygens (including phenoxy) is 1. The second-order valence-electron chi connectivity index (χ2n) is 4.83. The van der Waals surface area contributed by atoms with Crippen molar-refractivity contribution in [3.63, 3.8) is 0 Å². The van der Waals surface area contributed by atoms with Gasteiger partial charge in [0.15, 0.2) is 6.04 Å². The molecule has 1 unspecified atom stereocenters. The van der Waals surface area contributed by atoms with Gasteiger partial charge in [0.1, 0.15) is 0 Å². The predicted octanol–water partition coefficient (Wildman–Crippen LogP) is 1.62. The van der Waals surface area contributed by atoms with E-state index in [2.05, 4.69) is 11.9 Å². The van der Waals surface area contributed by atoms with Crippen molar-refractivity contribution < 1.29 is 19.4 Å². The molecule has 0 aliphatic rings. The third-order valence-electron chi connectivity index (χ3n) is 3.14. The van der Waals surface area contributed by atoms with E-state index >= 15 is 0 Å². The number of carbonyl (C=O) groups excluding carboxylic acids is 1. The smallest absolute Gasteiger partial charge is 0.328 e. The van der Waals surface area contributed by atoms with Crippen molar-refractivity contribution >= 4 is 11.9 Å². The highest BCUT2D eigenvalue weighted by molar-refractivity contribution is 5.85. The number of aliphatic carboxylic acids is 1. The molecule has 0 aromatic heterocycles. The number of carbonyl (C=O) groups is 2. The van der Waals surface area contributed by atoms with Crippen molar-refractivity contribution in [3.8, 4) is 0 Å². The molecule has 0 saturated heterocycles.